The van der Waals surface area contributed by atoms with Gasteiger partial charge in [-0.25, -0.2) is 0 Å². The van der Waals surface area contributed by atoms with Crippen LogP contribution in [0.1, 0.15) is 31.8 Å². The van der Waals surface area contributed by atoms with E-state index in [4.69, 9.17) is 23.2 Å². The van der Waals surface area contributed by atoms with Gasteiger partial charge in [-0.1, -0.05) is 60.1 Å². The van der Waals surface area contributed by atoms with Gasteiger partial charge in [0, 0.05) is 11.3 Å². The molecule has 3 nitrogen and oxygen atoms in total. The Hall–Kier alpha value is -2.62. The number of carbonyl (C=O) groups excluding carboxylic acids is 2. The number of carbonyl (C=O) groups is 2. The van der Waals surface area contributed by atoms with E-state index in [-0.39, 0.29) is 16.5 Å². The first-order valence-electron chi connectivity index (χ1n) is 7.97. The van der Waals surface area contributed by atoms with E-state index in [1.165, 1.54) is 12.1 Å². The molecule has 0 aliphatic carbocycles. The Bertz CT molecular complexity index is 955. The van der Waals surface area contributed by atoms with E-state index in [1.54, 1.807) is 12.1 Å². The van der Waals surface area contributed by atoms with Crippen molar-refractivity contribution in [3.05, 3.63) is 100 Å². The van der Waals surface area contributed by atoms with Crippen molar-refractivity contribution in [3.8, 4) is 0 Å². The molecule has 0 bridgehead atoms. The molecule has 0 spiro atoms. The second kappa shape index (κ2) is 8.17. The van der Waals surface area contributed by atoms with Crippen molar-refractivity contribution in [3.63, 3.8) is 0 Å². The number of amides is 1. The Balaban J connectivity index is 1.82. The van der Waals surface area contributed by atoms with E-state index in [2.05, 4.69) is 5.32 Å². The smallest absolute Gasteiger partial charge is 0.255 e. The minimum absolute atomic E-state index is 0.195. The SMILES string of the molecule is O=C(Cl)c1ccc(NC(=O)c2ccccc2Cc2ccccc2)cc1Cl. The third kappa shape index (κ3) is 4.31. The number of hydrogen-bond acceptors (Lipinski definition) is 2. The highest BCUT2D eigenvalue weighted by Crippen LogP contribution is 2.23. The molecule has 0 fully saturated rings. The molecule has 3 rings (SSSR count). The summed E-state index contributed by atoms with van der Waals surface area (Å²) in [5, 5.41) is 2.37. The summed E-state index contributed by atoms with van der Waals surface area (Å²) in [6.45, 7) is 0. The van der Waals surface area contributed by atoms with E-state index in [1.807, 2.05) is 48.5 Å². The van der Waals surface area contributed by atoms with Crippen LogP contribution < -0.4 is 5.32 Å². The van der Waals surface area contributed by atoms with Gasteiger partial charge in [0.15, 0.2) is 0 Å². The van der Waals surface area contributed by atoms with Crippen LogP contribution in [-0.4, -0.2) is 11.1 Å². The Morgan fingerprint density at radius 3 is 2.23 bits per heavy atom. The molecule has 0 saturated heterocycles. The number of rotatable bonds is 5. The summed E-state index contributed by atoms with van der Waals surface area (Å²) in [6.07, 6.45) is 0.658. The fourth-order valence-electron chi connectivity index (χ4n) is 2.66. The third-order valence-electron chi connectivity index (χ3n) is 3.94. The minimum atomic E-state index is -0.638. The Morgan fingerprint density at radius 2 is 1.54 bits per heavy atom. The van der Waals surface area contributed by atoms with Crippen LogP contribution in [0.5, 0.6) is 0 Å². The second-order valence-electron chi connectivity index (χ2n) is 5.74. The van der Waals surface area contributed by atoms with Gasteiger partial charge in [-0.05, 0) is 53.4 Å². The van der Waals surface area contributed by atoms with E-state index < -0.39 is 5.24 Å². The quantitative estimate of drug-likeness (QED) is 0.586. The summed E-state index contributed by atoms with van der Waals surface area (Å²) in [5.74, 6) is -0.238. The molecule has 0 heterocycles. The second-order valence-corrected chi connectivity index (χ2v) is 6.49. The van der Waals surface area contributed by atoms with Gasteiger partial charge in [-0.15, -0.1) is 0 Å². The van der Waals surface area contributed by atoms with Crippen molar-refractivity contribution in [2.45, 2.75) is 6.42 Å². The molecule has 1 N–H and O–H groups in total. The van der Waals surface area contributed by atoms with Gasteiger partial charge in [0.25, 0.3) is 11.1 Å². The van der Waals surface area contributed by atoms with Crippen LogP contribution in [0.15, 0.2) is 72.8 Å². The summed E-state index contributed by atoms with van der Waals surface area (Å²) in [4.78, 5) is 23.9. The maximum Gasteiger partial charge on any atom is 0.255 e. The predicted molar refractivity (Wildman–Crippen MR) is 105 cm³/mol. The third-order valence-corrected chi connectivity index (χ3v) is 4.45. The number of hydrogen-bond donors (Lipinski definition) is 1. The first-order valence-corrected chi connectivity index (χ1v) is 8.73. The van der Waals surface area contributed by atoms with Crippen molar-refractivity contribution < 1.29 is 9.59 Å². The number of anilines is 1. The Labute approximate surface area is 161 Å². The van der Waals surface area contributed by atoms with Gasteiger partial charge in [-0.2, -0.15) is 0 Å². The Morgan fingerprint density at radius 1 is 0.846 bits per heavy atom. The first kappa shape index (κ1) is 18.2. The minimum Gasteiger partial charge on any atom is -0.322 e. The summed E-state index contributed by atoms with van der Waals surface area (Å²) < 4.78 is 0. The van der Waals surface area contributed by atoms with Gasteiger partial charge >= 0.3 is 0 Å². The van der Waals surface area contributed by atoms with E-state index in [0.717, 1.165) is 11.1 Å². The van der Waals surface area contributed by atoms with Crippen molar-refractivity contribution in [1.82, 2.24) is 0 Å². The van der Waals surface area contributed by atoms with Crippen LogP contribution in [-0.2, 0) is 6.42 Å². The van der Waals surface area contributed by atoms with Crippen LogP contribution in [0.2, 0.25) is 5.02 Å². The zero-order valence-electron chi connectivity index (χ0n) is 13.7. The largest absolute Gasteiger partial charge is 0.322 e. The first-order chi connectivity index (χ1) is 12.5. The highest BCUT2D eigenvalue weighted by Gasteiger charge is 2.13. The molecule has 0 saturated carbocycles. The van der Waals surface area contributed by atoms with E-state index in [0.29, 0.717) is 17.7 Å². The van der Waals surface area contributed by atoms with Gasteiger partial charge in [0.05, 0.1) is 10.6 Å². The summed E-state index contributed by atoms with van der Waals surface area (Å²) in [6, 6.07) is 22.0. The normalized spacial score (nSPS) is 10.4. The Kier molecular flexibility index (Phi) is 5.71. The van der Waals surface area contributed by atoms with Gasteiger partial charge in [-0.3, -0.25) is 9.59 Å². The summed E-state index contributed by atoms with van der Waals surface area (Å²) in [5.41, 5.74) is 3.34. The molecular weight excluding hydrogens is 369 g/mol. The molecule has 3 aromatic carbocycles. The lowest BCUT2D eigenvalue weighted by atomic mass is 9.99. The van der Waals surface area contributed by atoms with Gasteiger partial charge in [0.2, 0.25) is 0 Å². The molecule has 26 heavy (non-hydrogen) atoms. The van der Waals surface area contributed by atoms with Crippen molar-refractivity contribution in [1.29, 1.82) is 0 Å². The molecule has 0 radical (unpaired) electrons. The maximum atomic E-state index is 12.7. The van der Waals surface area contributed by atoms with Crippen LogP contribution in [0.3, 0.4) is 0 Å². The molecule has 1 amide bonds. The molecule has 130 valence electrons. The maximum absolute atomic E-state index is 12.7. The number of benzene rings is 3. The zero-order chi connectivity index (χ0) is 18.5. The molecule has 3 aromatic rings. The summed E-state index contributed by atoms with van der Waals surface area (Å²) in [7, 11) is 0. The van der Waals surface area contributed by atoms with Gasteiger partial charge < -0.3 is 5.32 Å². The van der Waals surface area contributed by atoms with Crippen LogP contribution in [0, 0.1) is 0 Å². The molecule has 5 heteroatoms. The number of nitrogens with one attached hydrogen (secondary N) is 1. The fourth-order valence-corrected chi connectivity index (χ4v) is 3.14. The zero-order valence-corrected chi connectivity index (χ0v) is 15.2. The molecule has 0 atom stereocenters. The predicted octanol–water partition coefficient (Wildman–Crippen LogP) is 5.56. The fraction of sp³-hybridized carbons (Fsp3) is 0.0476. The molecule has 0 unspecified atom stereocenters. The van der Waals surface area contributed by atoms with Crippen LogP contribution in [0.25, 0.3) is 0 Å². The lowest BCUT2D eigenvalue weighted by molar-refractivity contribution is 0.102. The summed E-state index contributed by atoms with van der Waals surface area (Å²) >= 11 is 11.5. The standard InChI is InChI=1S/C21H15Cl2NO2/c22-19-13-16(10-11-18(19)20(23)25)24-21(26)17-9-5-4-8-15(17)12-14-6-2-1-3-7-14/h1-11,13H,12H2,(H,24,26). The average Bonchev–Trinajstić information content (AvgIpc) is 2.62. The van der Waals surface area contributed by atoms with Gasteiger partial charge in [0.1, 0.15) is 0 Å². The van der Waals surface area contributed by atoms with Crippen LogP contribution in [0.4, 0.5) is 5.69 Å². The molecule has 0 aliphatic rings. The van der Waals surface area contributed by atoms with E-state index in [9.17, 15) is 9.59 Å². The average molecular weight is 384 g/mol. The monoisotopic (exact) mass is 383 g/mol. The molecule has 0 aromatic heterocycles. The molecule has 0 aliphatic heterocycles. The highest BCUT2D eigenvalue weighted by molar-refractivity contribution is 6.68. The lowest BCUT2D eigenvalue weighted by Gasteiger charge is -2.11. The van der Waals surface area contributed by atoms with Crippen molar-refractivity contribution >= 4 is 40.0 Å². The number of halogens is 2. The van der Waals surface area contributed by atoms with E-state index >= 15 is 0 Å². The lowest BCUT2D eigenvalue weighted by Crippen LogP contribution is -2.14. The van der Waals surface area contributed by atoms with Crippen molar-refractivity contribution in [2.75, 3.05) is 5.32 Å². The topological polar surface area (TPSA) is 46.2 Å². The van der Waals surface area contributed by atoms with Crippen molar-refractivity contribution in [2.24, 2.45) is 0 Å². The molecular formula is C21H15Cl2NO2. The highest BCUT2D eigenvalue weighted by atomic mass is 35.5. The van der Waals surface area contributed by atoms with Crippen LogP contribution >= 0.6 is 23.2 Å².